The van der Waals surface area contributed by atoms with Crippen LogP contribution in [-0.4, -0.2) is 37.2 Å². The number of hydrogen-bond acceptors (Lipinski definition) is 4. The fourth-order valence-electron chi connectivity index (χ4n) is 4.52. The standard InChI is InChI=1S/C27H31N5/c28-22-8-10-23(11-9-22)29-14-15-30-24-12-16-32(17-13-24)25-6-3-5-20(18-25)27-19-21-4-1-2-7-26(21)31-27/h1-11,18-19,24,29-31H,12-17,28H2. The maximum absolute atomic E-state index is 5.74. The molecular weight excluding hydrogens is 394 g/mol. The van der Waals surface area contributed by atoms with Gasteiger partial charge in [0.1, 0.15) is 0 Å². The summed E-state index contributed by atoms with van der Waals surface area (Å²) in [4.78, 5) is 6.06. The molecule has 1 aromatic heterocycles. The Morgan fingerprint density at radius 2 is 1.69 bits per heavy atom. The zero-order valence-corrected chi connectivity index (χ0v) is 18.4. The van der Waals surface area contributed by atoms with E-state index in [-0.39, 0.29) is 0 Å². The van der Waals surface area contributed by atoms with E-state index >= 15 is 0 Å². The van der Waals surface area contributed by atoms with E-state index in [0.29, 0.717) is 6.04 Å². The average Bonchev–Trinajstić information content (AvgIpc) is 3.28. The Balaban J connectivity index is 1.12. The van der Waals surface area contributed by atoms with Gasteiger partial charge in [0.15, 0.2) is 0 Å². The van der Waals surface area contributed by atoms with Crippen molar-refractivity contribution in [1.82, 2.24) is 10.3 Å². The van der Waals surface area contributed by atoms with E-state index in [9.17, 15) is 0 Å². The maximum Gasteiger partial charge on any atom is 0.0465 e. The Morgan fingerprint density at radius 3 is 2.50 bits per heavy atom. The van der Waals surface area contributed by atoms with Crippen molar-refractivity contribution in [3.63, 3.8) is 0 Å². The van der Waals surface area contributed by atoms with Gasteiger partial charge in [0, 0.05) is 65.9 Å². The number of H-pyrrole nitrogens is 1. The highest BCUT2D eigenvalue weighted by Gasteiger charge is 2.19. The second kappa shape index (κ2) is 9.37. The summed E-state index contributed by atoms with van der Waals surface area (Å²) in [5, 5.41) is 8.41. The highest BCUT2D eigenvalue weighted by Crippen LogP contribution is 2.28. The zero-order valence-electron chi connectivity index (χ0n) is 18.4. The van der Waals surface area contributed by atoms with Gasteiger partial charge in [0.05, 0.1) is 0 Å². The van der Waals surface area contributed by atoms with Gasteiger partial charge in [0.2, 0.25) is 0 Å². The molecule has 0 atom stereocenters. The van der Waals surface area contributed by atoms with Gasteiger partial charge < -0.3 is 26.3 Å². The van der Waals surface area contributed by atoms with Gasteiger partial charge in [-0.2, -0.15) is 0 Å². The first-order chi connectivity index (χ1) is 15.7. The van der Waals surface area contributed by atoms with Crippen LogP contribution < -0.4 is 21.3 Å². The first-order valence-electron chi connectivity index (χ1n) is 11.5. The predicted molar refractivity (Wildman–Crippen MR) is 136 cm³/mol. The Kier molecular flexibility index (Phi) is 5.99. The number of fused-ring (bicyclic) bond motifs is 1. The van der Waals surface area contributed by atoms with Gasteiger partial charge in [0.25, 0.3) is 0 Å². The molecule has 164 valence electrons. The van der Waals surface area contributed by atoms with Crippen LogP contribution in [0.3, 0.4) is 0 Å². The van der Waals surface area contributed by atoms with Crippen molar-refractivity contribution in [2.45, 2.75) is 18.9 Å². The number of para-hydroxylation sites is 1. The third kappa shape index (κ3) is 4.73. The second-order valence-electron chi connectivity index (χ2n) is 8.58. The Bertz CT molecular complexity index is 1120. The molecule has 2 heterocycles. The Labute approximate surface area is 189 Å². The summed E-state index contributed by atoms with van der Waals surface area (Å²) in [5.74, 6) is 0. The molecule has 5 N–H and O–H groups in total. The lowest BCUT2D eigenvalue weighted by Crippen LogP contribution is -2.43. The molecule has 0 saturated carbocycles. The van der Waals surface area contributed by atoms with E-state index < -0.39 is 0 Å². The van der Waals surface area contributed by atoms with Gasteiger partial charge in [-0.15, -0.1) is 0 Å². The summed E-state index contributed by atoms with van der Waals surface area (Å²) in [6, 6.07) is 28.1. The van der Waals surface area contributed by atoms with Crippen LogP contribution in [0.1, 0.15) is 12.8 Å². The molecule has 1 saturated heterocycles. The molecule has 5 rings (SSSR count). The Hall–Kier alpha value is -3.44. The van der Waals surface area contributed by atoms with Crippen LogP contribution in [0, 0.1) is 0 Å². The molecule has 1 fully saturated rings. The van der Waals surface area contributed by atoms with Crippen molar-refractivity contribution < 1.29 is 0 Å². The molecule has 32 heavy (non-hydrogen) atoms. The van der Waals surface area contributed by atoms with Crippen molar-refractivity contribution in [3.8, 4) is 11.3 Å². The van der Waals surface area contributed by atoms with Crippen LogP contribution in [0.4, 0.5) is 17.1 Å². The molecule has 0 radical (unpaired) electrons. The highest BCUT2D eigenvalue weighted by molar-refractivity contribution is 5.86. The molecule has 0 unspecified atom stereocenters. The van der Waals surface area contributed by atoms with E-state index in [1.807, 2.05) is 24.3 Å². The molecular formula is C27H31N5. The topological polar surface area (TPSA) is 69.1 Å². The van der Waals surface area contributed by atoms with Crippen LogP contribution in [0.5, 0.6) is 0 Å². The number of piperidine rings is 1. The van der Waals surface area contributed by atoms with Crippen LogP contribution in [-0.2, 0) is 0 Å². The quantitative estimate of drug-likeness (QED) is 0.246. The molecule has 5 nitrogen and oxygen atoms in total. The first kappa shape index (κ1) is 20.5. The second-order valence-corrected chi connectivity index (χ2v) is 8.58. The predicted octanol–water partition coefficient (Wildman–Crippen LogP) is 5.09. The molecule has 4 aromatic rings. The van der Waals surface area contributed by atoms with Crippen LogP contribution in [0.15, 0.2) is 78.9 Å². The number of nitrogen functional groups attached to an aromatic ring is 1. The molecule has 5 heteroatoms. The minimum atomic E-state index is 0.580. The van der Waals surface area contributed by atoms with Crippen molar-refractivity contribution in [1.29, 1.82) is 0 Å². The minimum absolute atomic E-state index is 0.580. The number of nitrogens with one attached hydrogen (secondary N) is 3. The molecule has 0 bridgehead atoms. The highest BCUT2D eigenvalue weighted by atomic mass is 15.1. The zero-order chi connectivity index (χ0) is 21.8. The van der Waals surface area contributed by atoms with Crippen molar-refractivity contribution in [2.75, 3.05) is 42.1 Å². The fraction of sp³-hybridized carbons (Fsp3) is 0.259. The minimum Gasteiger partial charge on any atom is -0.399 e. The average molecular weight is 426 g/mol. The maximum atomic E-state index is 5.74. The number of rotatable bonds is 7. The van der Waals surface area contributed by atoms with Crippen molar-refractivity contribution in [2.24, 2.45) is 0 Å². The lowest BCUT2D eigenvalue weighted by molar-refractivity contribution is 0.421. The van der Waals surface area contributed by atoms with Gasteiger partial charge in [-0.05, 0) is 66.9 Å². The van der Waals surface area contributed by atoms with E-state index in [0.717, 1.165) is 37.6 Å². The monoisotopic (exact) mass is 425 g/mol. The first-order valence-corrected chi connectivity index (χ1v) is 11.5. The summed E-state index contributed by atoms with van der Waals surface area (Å²) in [6.45, 7) is 4.04. The van der Waals surface area contributed by atoms with Crippen molar-refractivity contribution >= 4 is 28.0 Å². The van der Waals surface area contributed by atoms with Gasteiger partial charge in [-0.25, -0.2) is 0 Å². The van der Waals surface area contributed by atoms with Crippen LogP contribution in [0.25, 0.3) is 22.2 Å². The summed E-state index contributed by atoms with van der Waals surface area (Å²) in [6.07, 6.45) is 2.33. The van der Waals surface area contributed by atoms with E-state index in [1.54, 1.807) is 0 Å². The third-order valence-electron chi connectivity index (χ3n) is 6.35. The molecule has 1 aliphatic rings. The van der Waals surface area contributed by atoms with E-state index in [1.165, 1.54) is 40.7 Å². The number of nitrogens with two attached hydrogens (primary N) is 1. The summed E-state index contributed by atoms with van der Waals surface area (Å²) in [5.41, 5.74) is 12.6. The van der Waals surface area contributed by atoms with E-state index in [2.05, 4.69) is 75.1 Å². The molecule has 0 spiro atoms. The SMILES string of the molecule is Nc1ccc(NCCNC2CCN(c3cccc(-c4cc5ccccc5[nH]4)c3)CC2)cc1. The number of hydrogen-bond donors (Lipinski definition) is 4. The van der Waals surface area contributed by atoms with Crippen molar-refractivity contribution in [3.05, 3.63) is 78.9 Å². The normalized spacial score (nSPS) is 14.7. The van der Waals surface area contributed by atoms with Crippen LogP contribution in [0.2, 0.25) is 0 Å². The third-order valence-corrected chi connectivity index (χ3v) is 6.35. The summed E-state index contributed by atoms with van der Waals surface area (Å²) < 4.78 is 0. The van der Waals surface area contributed by atoms with Gasteiger partial charge in [-0.3, -0.25) is 0 Å². The lowest BCUT2D eigenvalue weighted by atomic mass is 10.0. The number of anilines is 3. The van der Waals surface area contributed by atoms with E-state index in [4.69, 9.17) is 5.73 Å². The Morgan fingerprint density at radius 1 is 0.875 bits per heavy atom. The summed E-state index contributed by atoms with van der Waals surface area (Å²) in [7, 11) is 0. The largest absolute Gasteiger partial charge is 0.399 e. The number of aromatic amines is 1. The number of aromatic nitrogens is 1. The summed E-state index contributed by atoms with van der Waals surface area (Å²) >= 11 is 0. The smallest absolute Gasteiger partial charge is 0.0465 e. The molecule has 1 aliphatic heterocycles. The lowest BCUT2D eigenvalue weighted by Gasteiger charge is -2.34. The van der Waals surface area contributed by atoms with Crippen LogP contribution >= 0.6 is 0 Å². The molecule has 0 aliphatic carbocycles. The number of benzene rings is 3. The molecule has 3 aromatic carbocycles. The van der Waals surface area contributed by atoms with Gasteiger partial charge in [-0.1, -0.05) is 30.3 Å². The molecule has 0 amide bonds. The number of nitrogens with zero attached hydrogens (tertiary/aromatic N) is 1. The fourth-order valence-corrected chi connectivity index (χ4v) is 4.52. The van der Waals surface area contributed by atoms with Gasteiger partial charge >= 0.3 is 0 Å².